The minimum atomic E-state index is -0.664. The summed E-state index contributed by atoms with van der Waals surface area (Å²) in [6, 6.07) is -0.541. The Morgan fingerprint density at radius 1 is 0.293 bits per heavy atom. The van der Waals surface area contributed by atoms with Crippen LogP contribution in [0.3, 0.4) is 0 Å². The molecule has 0 bridgehead atoms. The molecule has 0 aliphatic rings. The molecule has 0 heterocycles. The van der Waals surface area contributed by atoms with Crippen LogP contribution in [0.1, 0.15) is 450 Å². The number of esters is 1. The minimum Gasteiger partial charge on any atom is -0.466 e. The van der Waals surface area contributed by atoms with E-state index >= 15 is 0 Å². The van der Waals surface area contributed by atoms with Gasteiger partial charge in [-0.25, -0.2) is 0 Å². The molecule has 6 heteroatoms. The zero-order valence-corrected chi connectivity index (χ0v) is 56.3. The van der Waals surface area contributed by atoms with Crippen LogP contribution in [0.4, 0.5) is 0 Å². The van der Waals surface area contributed by atoms with Gasteiger partial charge in [0.05, 0.1) is 25.4 Å². The second kappa shape index (κ2) is 72.3. The second-order valence-corrected chi connectivity index (χ2v) is 26.7. The van der Waals surface area contributed by atoms with E-state index in [1.807, 2.05) is 0 Å². The van der Waals surface area contributed by atoms with Crippen LogP contribution in [-0.4, -0.2) is 47.4 Å². The summed E-state index contributed by atoms with van der Waals surface area (Å²) in [7, 11) is 0. The number of unbranched alkanes of at least 4 members (excludes halogenated alkanes) is 62. The first kappa shape index (κ1) is 80.9. The van der Waals surface area contributed by atoms with E-state index < -0.39 is 12.1 Å². The van der Waals surface area contributed by atoms with Gasteiger partial charge in [0.25, 0.3) is 0 Å². The molecule has 0 fully saturated rings. The van der Waals surface area contributed by atoms with Crippen LogP contribution in [0.15, 0.2) is 0 Å². The molecule has 0 spiro atoms. The van der Waals surface area contributed by atoms with Gasteiger partial charge in [-0.3, -0.25) is 9.59 Å². The highest BCUT2D eigenvalue weighted by Gasteiger charge is 2.20. The van der Waals surface area contributed by atoms with Crippen LogP contribution < -0.4 is 5.32 Å². The average molecular weight is 1160 g/mol. The lowest BCUT2D eigenvalue weighted by molar-refractivity contribution is -0.143. The van der Waals surface area contributed by atoms with Gasteiger partial charge >= 0.3 is 5.97 Å². The first-order chi connectivity index (χ1) is 40.5. The van der Waals surface area contributed by atoms with Crippen LogP contribution in [0.2, 0.25) is 0 Å². The van der Waals surface area contributed by atoms with Crippen molar-refractivity contribution in [2.24, 2.45) is 0 Å². The Morgan fingerprint density at radius 3 is 0.744 bits per heavy atom. The smallest absolute Gasteiger partial charge is 0.305 e. The van der Waals surface area contributed by atoms with Gasteiger partial charge in [-0.2, -0.15) is 0 Å². The molecular formula is C76H151NO5. The number of hydrogen-bond donors (Lipinski definition) is 3. The molecule has 0 saturated heterocycles. The fourth-order valence-electron chi connectivity index (χ4n) is 12.6. The Hall–Kier alpha value is -1.14. The van der Waals surface area contributed by atoms with Crippen LogP contribution in [0, 0.1) is 0 Å². The zero-order valence-electron chi connectivity index (χ0n) is 56.3. The van der Waals surface area contributed by atoms with Crippen molar-refractivity contribution in [3.05, 3.63) is 0 Å². The van der Waals surface area contributed by atoms with E-state index in [4.69, 9.17) is 4.74 Å². The van der Waals surface area contributed by atoms with Crippen LogP contribution in [-0.2, 0) is 14.3 Å². The lowest BCUT2D eigenvalue weighted by atomic mass is 10.0. The summed E-state index contributed by atoms with van der Waals surface area (Å²) in [6.07, 6.45) is 88.9. The van der Waals surface area contributed by atoms with Gasteiger partial charge in [-0.15, -0.1) is 0 Å². The summed E-state index contributed by atoms with van der Waals surface area (Å²) in [5.74, 6) is -0.00560. The maximum Gasteiger partial charge on any atom is 0.305 e. The van der Waals surface area contributed by atoms with Gasteiger partial charge in [-0.05, 0) is 25.7 Å². The van der Waals surface area contributed by atoms with Gasteiger partial charge in [0.15, 0.2) is 0 Å². The Balaban J connectivity index is 3.34. The summed E-state index contributed by atoms with van der Waals surface area (Å²) in [4.78, 5) is 24.7. The molecular weight excluding hydrogens is 1010 g/mol. The highest BCUT2D eigenvalue weighted by molar-refractivity contribution is 5.76. The van der Waals surface area contributed by atoms with Gasteiger partial charge < -0.3 is 20.3 Å². The summed E-state index contributed by atoms with van der Waals surface area (Å²) in [5, 5.41) is 23.5. The standard InChI is InChI=1S/C76H151NO5/c1-3-5-7-9-11-13-15-17-19-21-23-24-29-33-36-40-44-48-52-56-60-64-68-74(79)73(72-78)77-75(80)69-65-61-57-53-49-45-41-37-34-30-27-25-26-28-31-35-39-43-47-51-55-59-63-67-71-82-76(81)70-66-62-58-54-50-46-42-38-32-22-20-18-16-14-12-10-8-6-4-2/h73-74,78-79H,3-72H2,1-2H3,(H,77,80). The molecule has 0 aromatic heterocycles. The monoisotopic (exact) mass is 1160 g/mol. The third-order valence-corrected chi connectivity index (χ3v) is 18.4. The molecule has 0 aliphatic carbocycles. The number of amides is 1. The van der Waals surface area contributed by atoms with Gasteiger partial charge in [-0.1, -0.05) is 412 Å². The van der Waals surface area contributed by atoms with E-state index in [9.17, 15) is 19.8 Å². The zero-order chi connectivity index (χ0) is 59.2. The molecule has 0 aromatic rings. The SMILES string of the molecule is CCCCCCCCCCCCCCCCCCCCCCCCC(O)C(CO)NC(=O)CCCCCCCCCCCCCCCCCCCCCCCCCCOC(=O)CCCCCCCCCCCCCCCCCCCCC. The lowest BCUT2D eigenvalue weighted by Gasteiger charge is -2.22. The molecule has 82 heavy (non-hydrogen) atoms. The predicted molar refractivity (Wildman–Crippen MR) is 361 cm³/mol. The van der Waals surface area contributed by atoms with Crippen molar-refractivity contribution in [3.63, 3.8) is 0 Å². The van der Waals surface area contributed by atoms with Crippen molar-refractivity contribution >= 4 is 11.9 Å². The molecule has 0 aliphatic heterocycles. The highest BCUT2D eigenvalue weighted by Crippen LogP contribution is 2.20. The maximum absolute atomic E-state index is 12.6. The largest absolute Gasteiger partial charge is 0.466 e. The van der Waals surface area contributed by atoms with Crippen molar-refractivity contribution in [2.75, 3.05) is 13.2 Å². The minimum absolute atomic E-state index is 0.0221. The number of aliphatic hydroxyl groups is 2. The summed E-state index contributed by atoms with van der Waals surface area (Å²) >= 11 is 0. The molecule has 490 valence electrons. The molecule has 2 unspecified atom stereocenters. The number of hydrogen-bond acceptors (Lipinski definition) is 5. The van der Waals surface area contributed by atoms with E-state index in [0.717, 1.165) is 38.5 Å². The van der Waals surface area contributed by atoms with Crippen molar-refractivity contribution < 1.29 is 24.5 Å². The van der Waals surface area contributed by atoms with E-state index in [2.05, 4.69) is 19.2 Å². The quantitative estimate of drug-likeness (QED) is 0.0417. The number of aliphatic hydroxyl groups excluding tert-OH is 2. The summed E-state index contributed by atoms with van der Waals surface area (Å²) in [6.45, 7) is 5.02. The van der Waals surface area contributed by atoms with Gasteiger partial charge in [0, 0.05) is 12.8 Å². The number of carbonyl (C=O) groups is 2. The molecule has 6 nitrogen and oxygen atoms in total. The van der Waals surface area contributed by atoms with Gasteiger partial charge in [0.2, 0.25) is 5.91 Å². The number of carbonyl (C=O) groups excluding carboxylic acids is 2. The fourth-order valence-corrected chi connectivity index (χ4v) is 12.6. The topological polar surface area (TPSA) is 95.9 Å². The number of nitrogens with one attached hydrogen (secondary N) is 1. The van der Waals surface area contributed by atoms with E-state index in [1.165, 1.54) is 379 Å². The molecule has 2 atom stereocenters. The third-order valence-electron chi connectivity index (χ3n) is 18.4. The van der Waals surface area contributed by atoms with Crippen molar-refractivity contribution in [1.29, 1.82) is 0 Å². The second-order valence-electron chi connectivity index (χ2n) is 26.7. The van der Waals surface area contributed by atoms with Crippen LogP contribution in [0.5, 0.6) is 0 Å². The van der Waals surface area contributed by atoms with Crippen molar-refractivity contribution in [3.8, 4) is 0 Å². The Kier molecular flexibility index (Phi) is 71.3. The van der Waals surface area contributed by atoms with E-state index in [-0.39, 0.29) is 18.5 Å². The van der Waals surface area contributed by atoms with Crippen molar-refractivity contribution in [1.82, 2.24) is 5.32 Å². The molecule has 0 saturated carbocycles. The fraction of sp³-hybridized carbons (Fsp3) is 0.974. The van der Waals surface area contributed by atoms with Crippen LogP contribution in [0.25, 0.3) is 0 Å². The number of ether oxygens (including phenoxy) is 1. The maximum atomic E-state index is 12.6. The molecule has 0 radical (unpaired) electrons. The Bertz CT molecular complexity index is 1200. The predicted octanol–water partition coefficient (Wildman–Crippen LogP) is 24.9. The molecule has 0 aromatic carbocycles. The molecule has 3 N–H and O–H groups in total. The van der Waals surface area contributed by atoms with Crippen LogP contribution >= 0.6 is 0 Å². The normalized spacial score (nSPS) is 12.4. The highest BCUT2D eigenvalue weighted by atomic mass is 16.5. The Labute approximate surface area is 515 Å². The van der Waals surface area contributed by atoms with E-state index in [1.54, 1.807) is 0 Å². The Morgan fingerprint density at radius 2 is 0.500 bits per heavy atom. The summed E-state index contributed by atoms with van der Waals surface area (Å²) < 4.78 is 5.52. The lowest BCUT2D eigenvalue weighted by Crippen LogP contribution is -2.45. The average Bonchev–Trinajstić information content (AvgIpc) is 3.48. The first-order valence-corrected chi connectivity index (χ1v) is 38.3. The third kappa shape index (κ3) is 68.0. The summed E-state index contributed by atoms with van der Waals surface area (Å²) in [5.41, 5.74) is 0. The molecule has 1 amide bonds. The molecule has 0 rings (SSSR count). The first-order valence-electron chi connectivity index (χ1n) is 38.3. The van der Waals surface area contributed by atoms with Crippen molar-refractivity contribution in [2.45, 2.75) is 463 Å². The number of rotatable bonds is 73. The van der Waals surface area contributed by atoms with Gasteiger partial charge in [0.1, 0.15) is 0 Å². The van der Waals surface area contributed by atoms with E-state index in [0.29, 0.717) is 25.9 Å².